The predicted octanol–water partition coefficient (Wildman–Crippen LogP) is 3.11. The van der Waals surface area contributed by atoms with Crippen LogP contribution in [0, 0.1) is 0 Å². The fraction of sp³-hybridized carbons (Fsp3) is 0.333. The standard InChI is InChI=1S/C21H24N4O/c1-16(25-15-22-18-10-6-7-11-19(18)25)21(26)24-13-12-23(2)14-20(24)17-8-4-3-5-9-17/h3-11,15-16,20H,12-14H2,1-2H3/t16-,20+/m1/s1. The van der Waals surface area contributed by atoms with E-state index < -0.39 is 0 Å². The van der Waals surface area contributed by atoms with Crippen molar-refractivity contribution in [2.75, 3.05) is 26.7 Å². The molecule has 3 aromatic rings. The molecule has 1 aromatic heterocycles. The number of piperazine rings is 1. The Kier molecular flexibility index (Phi) is 4.47. The Labute approximate surface area is 153 Å². The molecular formula is C21H24N4O. The molecule has 134 valence electrons. The van der Waals surface area contributed by atoms with Crippen LogP contribution >= 0.6 is 0 Å². The lowest BCUT2D eigenvalue weighted by Crippen LogP contribution is -2.50. The van der Waals surface area contributed by atoms with Crippen LogP contribution in [-0.2, 0) is 4.79 Å². The predicted molar refractivity (Wildman–Crippen MR) is 103 cm³/mol. The maximum Gasteiger partial charge on any atom is 0.246 e. The highest BCUT2D eigenvalue weighted by Crippen LogP contribution is 2.28. The summed E-state index contributed by atoms with van der Waals surface area (Å²) in [5.41, 5.74) is 3.11. The number of hydrogen-bond acceptors (Lipinski definition) is 3. The molecular weight excluding hydrogens is 324 g/mol. The maximum atomic E-state index is 13.4. The van der Waals surface area contributed by atoms with E-state index in [1.807, 2.05) is 58.9 Å². The number of aromatic nitrogens is 2. The largest absolute Gasteiger partial charge is 0.331 e. The Morgan fingerprint density at radius 1 is 1.08 bits per heavy atom. The van der Waals surface area contributed by atoms with Gasteiger partial charge in [0.2, 0.25) is 5.91 Å². The maximum absolute atomic E-state index is 13.4. The van der Waals surface area contributed by atoms with Crippen LogP contribution in [0.4, 0.5) is 0 Å². The zero-order chi connectivity index (χ0) is 18.1. The molecule has 1 amide bonds. The molecule has 2 heterocycles. The van der Waals surface area contributed by atoms with Gasteiger partial charge < -0.3 is 14.4 Å². The minimum atomic E-state index is -0.281. The molecule has 0 unspecified atom stereocenters. The number of fused-ring (bicyclic) bond motifs is 1. The molecule has 4 rings (SSSR count). The number of carbonyl (C=O) groups excluding carboxylic acids is 1. The summed E-state index contributed by atoms with van der Waals surface area (Å²) in [4.78, 5) is 22.2. The van der Waals surface area contributed by atoms with E-state index in [1.54, 1.807) is 6.33 Å². The summed E-state index contributed by atoms with van der Waals surface area (Å²) >= 11 is 0. The van der Waals surface area contributed by atoms with E-state index in [0.29, 0.717) is 0 Å². The summed E-state index contributed by atoms with van der Waals surface area (Å²) in [6, 6.07) is 18.1. The van der Waals surface area contributed by atoms with Crippen molar-refractivity contribution in [1.29, 1.82) is 0 Å². The highest BCUT2D eigenvalue weighted by atomic mass is 16.2. The minimum absolute atomic E-state index is 0.0830. The fourth-order valence-electron chi connectivity index (χ4n) is 3.79. The van der Waals surface area contributed by atoms with E-state index in [9.17, 15) is 4.79 Å². The average Bonchev–Trinajstić information content (AvgIpc) is 3.11. The van der Waals surface area contributed by atoms with Gasteiger partial charge in [0, 0.05) is 19.6 Å². The SMILES string of the molecule is C[C@H](C(=O)N1CCN(C)C[C@H]1c1ccccc1)n1cnc2ccccc21. The summed E-state index contributed by atoms with van der Waals surface area (Å²) in [5.74, 6) is 0.148. The van der Waals surface area contributed by atoms with Crippen LogP contribution in [0.3, 0.4) is 0 Å². The van der Waals surface area contributed by atoms with Gasteiger partial charge in [-0.05, 0) is 31.7 Å². The second-order valence-corrected chi connectivity index (χ2v) is 7.04. The van der Waals surface area contributed by atoms with Gasteiger partial charge in [0.25, 0.3) is 0 Å². The number of carbonyl (C=O) groups is 1. The zero-order valence-electron chi connectivity index (χ0n) is 15.2. The van der Waals surface area contributed by atoms with Gasteiger partial charge in [0.05, 0.1) is 23.4 Å². The van der Waals surface area contributed by atoms with Gasteiger partial charge in [-0.2, -0.15) is 0 Å². The van der Waals surface area contributed by atoms with E-state index in [2.05, 4.69) is 29.1 Å². The number of nitrogens with zero attached hydrogens (tertiary/aromatic N) is 4. The summed E-state index contributed by atoms with van der Waals surface area (Å²) in [7, 11) is 2.12. The second kappa shape index (κ2) is 6.92. The van der Waals surface area contributed by atoms with E-state index in [4.69, 9.17) is 0 Å². The van der Waals surface area contributed by atoms with Gasteiger partial charge in [-0.25, -0.2) is 4.98 Å². The Morgan fingerprint density at radius 3 is 2.62 bits per heavy atom. The molecule has 1 aliphatic heterocycles. The molecule has 2 atom stereocenters. The van der Waals surface area contributed by atoms with Crippen molar-refractivity contribution < 1.29 is 4.79 Å². The van der Waals surface area contributed by atoms with Crippen LogP contribution < -0.4 is 0 Å². The number of benzene rings is 2. The molecule has 1 fully saturated rings. The first kappa shape index (κ1) is 16.8. The summed E-state index contributed by atoms with van der Waals surface area (Å²) in [5, 5.41) is 0. The van der Waals surface area contributed by atoms with Gasteiger partial charge in [0.1, 0.15) is 6.04 Å². The van der Waals surface area contributed by atoms with Crippen molar-refractivity contribution in [1.82, 2.24) is 19.4 Å². The number of likely N-dealkylation sites (N-methyl/N-ethyl adjacent to an activating group) is 1. The minimum Gasteiger partial charge on any atom is -0.331 e. The van der Waals surface area contributed by atoms with E-state index in [1.165, 1.54) is 5.56 Å². The molecule has 0 bridgehead atoms. The lowest BCUT2D eigenvalue weighted by molar-refractivity contribution is -0.139. The highest BCUT2D eigenvalue weighted by Gasteiger charge is 2.33. The van der Waals surface area contributed by atoms with Crippen LogP contribution in [0.25, 0.3) is 11.0 Å². The molecule has 0 radical (unpaired) electrons. The quantitative estimate of drug-likeness (QED) is 0.730. The number of para-hydroxylation sites is 2. The molecule has 0 N–H and O–H groups in total. The van der Waals surface area contributed by atoms with Crippen molar-refractivity contribution >= 4 is 16.9 Å². The van der Waals surface area contributed by atoms with Crippen molar-refractivity contribution in [2.24, 2.45) is 0 Å². The Morgan fingerprint density at radius 2 is 1.81 bits per heavy atom. The summed E-state index contributed by atoms with van der Waals surface area (Å²) < 4.78 is 1.98. The smallest absolute Gasteiger partial charge is 0.246 e. The molecule has 0 spiro atoms. The normalized spacial score (nSPS) is 19.6. The number of imidazole rings is 1. The first-order valence-corrected chi connectivity index (χ1v) is 9.10. The van der Waals surface area contributed by atoms with Crippen LogP contribution in [0.15, 0.2) is 60.9 Å². The Bertz CT molecular complexity index is 905. The van der Waals surface area contributed by atoms with Gasteiger partial charge in [-0.15, -0.1) is 0 Å². The summed E-state index contributed by atoms with van der Waals surface area (Å²) in [6.07, 6.45) is 1.78. The van der Waals surface area contributed by atoms with Gasteiger partial charge in [0.15, 0.2) is 0 Å². The van der Waals surface area contributed by atoms with Crippen LogP contribution in [0.1, 0.15) is 24.6 Å². The van der Waals surface area contributed by atoms with Gasteiger partial charge in [-0.3, -0.25) is 4.79 Å². The van der Waals surface area contributed by atoms with E-state index >= 15 is 0 Å². The van der Waals surface area contributed by atoms with Gasteiger partial charge >= 0.3 is 0 Å². The van der Waals surface area contributed by atoms with Crippen molar-refractivity contribution in [3.8, 4) is 0 Å². The topological polar surface area (TPSA) is 41.4 Å². The highest BCUT2D eigenvalue weighted by molar-refractivity contribution is 5.84. The Hall–Kier alpha value is -2.66. The van der Waals surface area contributed by atoms with Crippen molar-refractivity contribution in [2.45, 2.75) is 19.0 Å². The van der Waals surface area contributed by atoms with Crippen LogP contribution in [-0.4, -0.2) is 51.9 Å². The van der Waals surface area contributed by atoms with Crippen molar-refractivity contribution in [3.05, 3.63) is 66.5 Å². The third-order valence-corrected chi connectivity index (χ3v) is 5.31. The van der Waals surface area contributed by atoms with Gasteiger partial charge in [-0.1, -0.05) is 42.5 Å². The molecule has 1 saturated heterocycles. The van der Waals surface area contributed by atoms with Crippen molar-refractivity contribution in [3.63, 3.8) is 0 Å². The first-order chi connectivity index (χ1) is 12.6. The average molecular weight is 348 g/mol. The summed E-state index contributed by atoms with van der Waals surface area (Å²) in [6.45, 7) is 4.46. The zero-order valence-corrected chi connectivity index (χ0v) is 15.2. The molecule has 1 aliphatic rings. The van der Waals surface area contributed by atoms with E-state index in [-0.39, 0.29) is 18.0 Å². The molecule has 0 saturated carbocycles. The molecule has 5 heteroatoms. The molecule has 26 heavy (non-hydrogen) atoms. The Balaban J connectivity index is 1.65. The third kappa shape index (κ3) is 2.99. The lowest BCUT2D eigenvalue weighted by atomic mass is 10.0. The van der Waals surface area contributed by atoms with E-state index in [0.717, 1.165) is 30.7 Å². The molecule has 2 aromatic carbocycles. The number of amides is 1. The lowest BCUT2D eigenvalue weighted by Gasteiger charge is -2.41. The number of hydrogen-bond donors (Lipinski definition) is 0. The van der Waals surface area contributed by atoms with Crippen LogP contribution in [0.2, 0.25) is 0 Å². The number of rotatable bonds is 3. The monoisotopic (exact) mass is 348 g/mol. The molecule has 5 nitrogen and oxygen atoms in total. The van der Waals surface area contributed by atoms with Crippen LogP contribution in [0.5, 0.6) is 0 Å². The second-order valence-electron chi connectivity index (χ2n) is 7.04. The third-order valence-electron chi connectivity index (χ3n) is 5.31. The fourth-order valence-corrected chi connectivity index (χ4v) is 3.79. The molecule has 0 aliphatic carbocycles. The first-order valence-electron chi connectivity index (χ1n) is 9.10.